The quantitative estimate of drug-likeness (QED) is 0.763. The van der Waals surface area contributed by atoms with E-state index in [4.69, 9.17) is 33.9 Å². The van der Waals surface area contributed by atoms with Crippen molar-refractivity contribution in [2.75, 3.05) is 5.73 Å². The standard InChI is InChI=1S/C15H16Cl2N2S/c16-11-8-4-7-10(12(11)17)13-14(18)20-15(19-13)9-5-2-1-3-6-9/h4,7-9H,1-3,5-6,18H2. The third kappa shape index (κ3) is 2.67. The number of halogens is 2. The molecule has 0 amide bonds. The molecule has 5 heteroatoms. The van der Waals surface area contributed by atoms with E-state index in [1.165, 1.54) is 32.1 Å². The Morgan fingerprint density at radius 2 is 1.90 bits per heavy atom. The van der Waals surface area contributed by atoms with Gasteiger partial charge in [-0.15, -0.1) is 11.3 Å². The maximum absolute atomic E-state index is 6.27. The first kappa shape index (κ1) is 14.2. The Morgan fingerprint density at radius 3 is 2.65 bits per heavy atom. The molecule has 1 aromatic carbocycles. The Bertz CT molecular complexity index is 618. The van der Waals surface area contributed by atoms with Gasteiger partial charge in [-0.3, -0.25) is 0 Å². The van der Waals surface area contributed by atoms with E-state index in [0.29, 0.717) is 16.0 Å². The fourth-order valence-electron chi connectivity index (χ4n) is 2.75. The van der Waals surface area contributed by atoms with E-state index in [0.717, 1.165) is 21.3 Å². The number of nitrogens with zero attached hydrogens (tertiary/aromatic N) is 1. The Hall–Kier alpha value is -0.770. The Balaban J connectivity index is 1.98. The second-order valence-electron chi connectivity index (χ2n) is 5.20. The van der Waals surface area contributed by atoms with Crippen LogP contribution in [0.1, 0.15) is 43.0 Å². The van der Waals surface area contributed by atoms with E-state index in [1.807, 2.05) is 12.1 Å². The van der Waals surface area contributed by atoms with Crippen LogP contribution in [0, 0.1) is 0 Å². The predicted molar refractivity (Wildman–Crippen MR) is 87.8 cm³/mol. The highest BCUT2D eigenvalue weighted by molar-refractivity contribution is 7.16. The van der Waals surface area contributed by atoms with Crippen molar-refractivity contribution in [2.45, 2.75) is 38.0 Å². The van der Waals surface area contributed by atoms with Crippen molar-refractivity contribution in [3.8, 4) is 11.3 Å². The second kappa shape index (κ2) is 5.92. The fourth-order valence-corrected chi connectivity index (χ4v) is 4.16. The first-order valence-corrected chi connectivity index (χ1v) is 8.44. The minimum Gasteiger partial charge on any atom is -0.389 e. The van der Waals surface area contributed by atoms with Gasteiger partial charge in [0.05, 0.1) is 15.1 Å². The summed E-state index contributed by atoms with van der Waals surface area (Å²) in [5.41, 5.74) is 7.76. The molecule has 0 unspecified atom stereocenters. The molecule has 0 radical (unpaired) electrons. The summed E-state index contributed by atoms with van der Waals surface area (Å²) in [5, 5.41) is 2.94. The summed E-state index contributed by atoms with van der Waals surface area (Å²) in [5.74, 6) is 0.558. The molecule has 3 rings (SSSR count). The molecular formula is C15H16Cl2N2S. The van der Waals surface area contributed by atoms with E-state index in [2.05, 4.69) is 0 Å². The van der Waals surface area contributed by atoms with E-state index < -0.39 is 0 Å². The first-order valence-electron chi connectivity index (χ1n) is 6.87. The van der Waals surface area contributed by atoms with Gasteiger partial charge >= 0.3 is 0 Å². The third-order valence-electron chi connectivity index (χ3n) is 3.83. The van der Waals surface area contributed by atoms with E-state index in [-0.39, 0.29) is 0 Å². The molecule has 0 saturated heterocycles. The Morgan fingerprint density at radius 1 is 1.15 bits per heavy atom. The molecule has 0 spiro atoms. The molecule has 1 aromatic heterocycles. The van der Waals surface area contributed by atoms with Gasteiger partial charge in [-0.25, -0.2) is 4.98 Å². The van der Waals surface area contributed by atoms with Crippen molar-refractivity contribution in [3.05, 3.63) is 33.3 Å². The Labute approximate surface area is 132 Å². The van der Waals surface area contributed by atoms with Crippen LogP contribution < -0.4 is 5.73 Å². The monoisotopic (exact) mass is 326 g/mol. The lowest BCUT2D eigenvalue weighted by molar-refractivity contribution is 0.442. The molecule has 0 aliphatic heterocycles. The van der Waals surface area contributed by atoms with Gasteiger partial charge in [0, 0.05) is 11.5 Å². The topological polar surface area (TPSA) is 38.9 Å². The minimum absolute atomic E-state index is 0.529. The maximum atomic E-state index is 6.27. The van der Waals surface area contributed by atoms with Crippen molar-refractivity contribution in [1.82, 2.24) is 4.98 Å². The second-order valence-corrected chi connectivity index (χ2v) is 7.05. The van der Waals surface area contributed by atoms with Crippen LogP contribution in [0.25, 0.3) is 11.3 Å². The van der Waals surface area contributed by atoms with Crippen LogP contribution in [-0.4, -0.2) is 4.98 Å². The largest absolute Gasteiger partial charge is 0.389 e. The summed E-state index contributed by atoms with van der Waals surface area (Å²) in [6.45, 7) is 0. The van der Waals surface area contributed by atoms with Gasteiger partial charge in [0.15, 0.2) is 0 Å². The predicted octanol–water partition coefficient (Wildman–Crippen LogP) is 5.75. The zero-order valence-corrected chi connectivity index (χ0v) is 13.4. The summed E-state index contributed by atoms with van der Waals surface area (Å²) < 4.78 is 0. The molecule has 0 bridgehead atoms. The van der Waals surface area contributed by atoms with Gasteiger partial charge in [0.1, 0.15) is 10.7 Å². The first-order chi connectivity index (χ1) is 9.66. The number of anilines is 1. The molecule has 0 atom stereocenters. The number of hydrogen-bond acceptors (Lipinski definition) is 3. The zero-order chi connectivity index (χ0) is 14.1. The lowest BCUT2D eigenvalue weighted by Gasteiger charge is -2.18. The average molecular weight is 327 g/mol. The molecular weight excluding hydrogens is 311 g/mol. The number of rotatable bonds is 2. The van der Waals surface area contributed by atoms with Gasteiger partial charge in [-0.05, 0) is 18.9 Å². The molecule has 2 aromatic rings. The molecule has 20 heavy (non-hydrogen) atoms. The van der Waals surface area contributed by atoms with E-state index in [9.17, 15) is 0 Å². The summed E-state index contributed by atoms with van der Waals surface area (Å²) in [6, 6.07) is 5.57. The number of benzene rings is 1. The average Bonchev–Trinajstić information content (AvgIpc) is 2.85. The number of nitrogens with two attached hydrogens (primary N) is 1. The highest BCUT2D eigenvalue weighted by Gasteiger charge is 2.22. The van der Waals surface area contributed by atoms with Crippen molar-refractivity contribution >= 4 is 39.5 Å². The van der Waals surface area contributed by atoms with E-state index >= 15 is 0 Å². The van der Waals surface area contributed by atoms with Gasteiger partial charge < -0.3 is 5.73 Å². The van der Waals surface area contributed by atoms with Crippen LogP contribution in [0.2, 0.25) is 10.0 Å². The van der Waals surface area contributed by atoms with Crippen LogP contribution in [0.5, 0.6) is 0 Å². The summed E-state index contributed by atoms with van der Waals surface area (Å²) in [6.07, 6.45) is 6.35. The van der Waals surface area contributed by atoms with Gasteiger partial charge in [0.25, 0.3) is 0 Å². The van der Waals surface area contributed by atoms with Gasteiger partial charge in [-0.2, -0.15) is 0 Å². The van der Waals surface area contributed by atoms with Crippen LogP contribution in [0.15, 0.2) is 18.2 Å². The smallest absolute Gasteiger partial charge is 0.114 e. The lowest BCUT2D eigenvalue weighted by Crippen LogP contribution is -2.03. The number of hydrogen-bond donors (Lipinski definition) is 1. The van der Waals surface area contributed by atoms with Gasteiger partial charge in [0.2, 0.25) is 0 Å². The summed E-state index contributed by atoms with van der Waals surface area (Å²) in [7, 11) is 0. The molecule has 1 heterocycles. The molecule has 2 nitrogen and oxygen atoms in total. The maximum Gasteiger partial charge on any atom is 0.114 e. The summed E-state index contributed by atoms with van der Waals surface area (Å²) in [4.78, 5) is 4.76. The minimum atomic E-state index is 0.529. The number of nitrogen functional groups attached to an aromatic ring is 1. The third-order valence-corrected chi connectivity index (χ3v) is 5.70. The number of thiazole rings is 1. The van der Waals surface area contributed by atoms with Gasteiger partial charge in [-0.1, -0.05) is 54.6 Å². The number of aromatic nitrogens is 1. The molecule has 1 saturated carbocycles. The van der Waals surface area contributed by atoms with Crippen LogP contribution in [0.3, 0.4) is 0 Å². The van der Waals surface area contributed by atoms with Crippen molar-refractivity contribution in [1.29, 1.82) is 0 Å². The van der Waals surface area contributed by atoms with Crippen molar-refractivity contribution in [2.24, 2.45) is 0 Å². The van der Waals surface area contributed by atoms with Crippen LogP contribution in [-0.2, 0) is 0 Å². The van der Waals surface area contributed by atoms with Crippen LogP contribution >= 0.6 is 34.5 Å². The molecule has 1 aliphatic carbocycles. The summed E-state index contributed by atoms with van der Waals surface area (Å²) >= 11 is 13.9. The Kier molecular flexibility index (Phi) is 4.20. The van der Waals surface area contributed by atoms with E-state index in [1.54, 1.807) is 17.4 Å². The molecule has 106 valence electrons. The lowest BCUT2D eigenvalue weighted by atomic mass is 9.90. The van der Waals surface area contributed by atoms with Crippen LogP contribution in [0.4, 0.5) is 5.00 Å². The molecule has 2 N–H and O–H groups in total. The van der Waals surface area contributed by atoms with Crippen molar-refractivity contribution < 1.29 is 0 Å². The zero-order valence-electron chi connectivity index (χ0n) is 11.0. The normalized spacial score (nSPS) is 16.5. The highest BCUT2D eigenvalue weighted by atomic mass is 35.5. The fraction of sp³-hybridized carbons (Fsp3) is 0.400. The SMILES string of the molecule is Nc1sc(C2CCCCC2)nc1-c1cccc(Cl)c1Cl. The molecule has 1 fully saturated rings. The molecule has 1 aliphatic rings. The van der Waals surface area contributed by atoms with Crippen molar-refractivity contribution in [3.63, 3.8) is 0 Å². The highest BCUT2D eigenvalue weighted by Crippen LogP contribution is 2.42.